The number of ether oxygens (including phenoxy) is 1. The highest BCUT2D eigenvalue weighted by Gasteiger charge is 2.34. The van der Waals surface area contributed by atoms with E-state index in [1.54, 1.807) is 6.92 Å². The van der Waals surface area contributed by atoms with E-state index in [4.69, 9.17) is 16.3 Å². The first kappa shape index (κ1) is 23.6. The van der Waals surface area contributed by atoms with Gasteiger partial charge in [0.1, 0.15) is 10.8 Å². The van der Waals surface area contributed by atoms with E-state index >= 15 is 0 Å². The topological polar surface area (TPSA) is 105 Å². The number of aromatic nitrogens is 2. The molecule has 0 saturated carbocycles. The van der Waals surface area contributed by atoms with Crippen LogP contribution in [-0.2, 0) is 11.3 Å². The number of carbonyl (C=O) groups excluding carboxylic acids is 2. The lowest BCUT2D eigenvalue weighted by Crippen LogP contribution is -2.28. The van der Waals surface area contributed by atoms with Crippen molar-refractivity contribution >= 4 is 29.2 Å². The van der Waals surface area contributed by atoms with Crippen LogP contribution >= 0.6 is 11.6 Å². The Morgan fingerprint density at radius 1 is 1.50 bits per heavy atom. The zero-order chi connectivity index (χ0) is 23.6. The van der Waals surface area contributed by atoms with Gasteiger partial charge in [0.05, 0.1) is 12.6 Å². The maximum Gasteiger partial charge on any atom is 0.278 e. The van der Waals surface area contributed by atoms with Crippen molar-refractivity contribution in [2.75, 3.05) is 11.9 Å². The number of aliphatic hydroxyl groups excluding tert-OH is 1. The predicted molar refractivity (Wildman–Crippen MR) is 113 cm³/mol. The number of aliphatic hydroxyl groups is 1. The van der Waals surface area contributed by atoms with Crippen LogP contribution in [0.25, 0.3) is 0 Å². The molecular weight excluding hydrogens is 446 g/mol. The van der Waals surface area contributed by atoms with Crippen molar-refractivity contribution in [3.63, 3.8) is 0 Å². The molecule has 2 aromatic rings. The number of nitrogens with zero attached hydrogens (tertiary/aromatic N) is 3. The summed E-state index contributed by atoms with van der Waals surface area (Å²) in [5.74, 6) is -4.01. The van der Waals surface area contributed by atoms with Crippen LogP contribution in [-0.4, -0.2) is 50.4 Å². The van der Waals surface area contributed by atoms with Gasteiger partial charge in [0.2, 0.25) is 5.88 Å². The largest absolute Gasteiger partial charge is 0.470 e. The summed E-state index contributed by atoms with van der Waals surface area (Å²) in [7, 11) is 0. The Balaban J connectivity index is 1.79. The normalized spacial score (nSPS) is 15.2. The Hall–Kier alpha value is -3.11. The SMILES string of the molecule is C=C[C@@H](O)C(=O)Nc1nccc2c1CN(C(C)c1cnc(OCC(C)(F)F)c(Cl)c1)C2=O. The van der Waals surface area contributed by atoms with E-state index in [2.05, 4.69) is 21.9 Å². The van der Waals surface area contributed by atoms with E-state index < -0.39 is 30.6 Å². The molecule has 0 fully saturated rings. The predicted octanol–water partition coefficient (Wildman–Crippen LogP) is 3.37. The van der Waals surface area contributed by atoms with Crippen molar-refractivity contribution in [1.29, 1.82) is 0 Å². The number of amides is 2. The van der Waals surface area contributed by atoms with E-state index in [0.29, 0.717) is 16.7 Å². The zero-order valence-corrected chi connectivity index (χ0v) is 18.1. The molecule has 1 aliphatic rings. The quantitative estimate of drug-likeness (QED) is 0.578. The Morgan fingerprint density at radius 3 is 2.84 bits per heavy atom. The molecule has 11 heteroatoms. The molecule has 0 spiro atoms. The Morgan fingerprint density at radius 2 is 2.22 bits per heavy atom. The number of alkyl halides is 2. The third-order valence-corrected chi connectivity index (χ3v) is 5.12. The first-order chi connectivity index (χ1) is 15.0. The van der Waals surface area contributed by atoms with Gasteiger partial charge in [-0.25, -0.2) is 18.7 Å². The van der Waals surface area contributed by atoms with Crippen molar-refractivity contribution < 1.29 is 28.2 Å². The molecule has 32 heavy (non-hydrogen) atoms. The number of pyridine rings is 2. The van der Waals surface area contributed by atoms with Gasteiger partial charge in [-0.05, 0) is 24.6 Å². The van der Waals surface area contributed by atoms with Gasteiger partial charge in [-0.2, -0.15) is 0 Å². The van der Waals surface area contributed by atoms with Crippen LogP contribution in [0.3, 0.4) is 0 Å². The summed E-state index contributed by atoms with van der Waals surface area (Å²) >= 11 is 6.14. The third-order valence-electron chi connectivity index (χ3n) is 4.85. The maximum atomic E-state index is 13.0. The van der Waals surface area contributed by atoms with Crippen molar-refractivity contribution in [3.05, 3.63) is 58.9 Å². The fraction of sp³-hybridized carbons (Fsp3) is 0.333. The molecule has 170 valence electrons. The number of rotatable bonds is 8. The van der Waals surface area contributed by atoms with E-state index in [1.165, 1.54) is 29.4 Å². The van der Waals surface area contributed by atoms with Gasteiger partial charge < -0.3 is 20.1 Å². The monoisotopic (exact) mass is 466 g/mol. The number of carbonyl (C=O) groups is 2. The summed E-state index contributed by atoms with van der Waals surface area (Å²) < 4.78 is 31.0. The summed E-state index contributed by atoms with van der Waals surface area (Å²) in [5.41, 5.74) is 1.42. The minimum absolute atomic E-state index is 0.0378. The molecule has 2 atom stereocenters. The van der Waals surface area contributed by atoms with Crippen LogP contribution < -0.4 is 10.1 Å². The summed E-state index contributed by atoms with van der Waals surface area (Å²) in [5, 5.41) is 12.1. The summed E-state index contributed by atoms with van der Waals surface area (Å²) in [6, 6.07) is 2.56. The lowest BCUT2D eigenvalue weighted by molar-refractivity contribution is -0.121. The van der Waals surface area contributed by atoms with E-state index in [0.717, 1.165) is 13.0 Å². The van der Waals surface area contributed by atoms with Gasteiger partial charge in [0.15, 0.2) is 12.7 Å². The van der Waals surface area contributed by atoms with Crippen molar-refractivity contribution in [2.24, 2.45) is 0 Å². The van der Waals surface area contributed by atoms with E-state index in [-0.39, 0.29) is 29.2 Å². The standard InChI is InChI=1S/C21H21ClF2N4O4/c1-4-16(29)18(30)27-17-14-9-28(20(31)13(14)5-6-25-17)11(2)12-7-15(22)19(26-8-12)32-10-21(3,23)24/h4-8,11,16,29H,1,9-10H2,2-3H3,(H,25,27,30)/t11?,16-/m1/s1. The molecule has 2 amide bonds. The van der Waals surface area contributed by atoms with Crippen molar-refractivity contribution in [3.8, 4) is 5.88 Å². The van der Waals surface area contributed by atoms with Gasteiger partial charge in [0, 0.05) is 30.4 Å². The van der Waals surface area contributed by atoms with Gasteiger partial charge in [0.25, 0.3) is 17.7 Å². The number of halogens is 3. The zero-order valence-electron chi connectivity index (χ0n) is 17.3. The molecular formula is C21H21ClF2N4O4. The second-order valence-corrected chi connectivity index (χ2v) is 7.79. The number of anilines is 1. The number of fused-ring (bicyclic) bond motifs is 1. The highest BCUT2D eigenvalue weighted by atomic mass is 35.5. The second kappa shape index (κ2) is 9.17. The van der Waals surface area contributed by atoms with Crippen LogP contribution in [0.2, 0.25) is 5.02 Å². The average Bonchev–Trinajstić information content (AvgIpc) is 3.08. The number of hydrogen-bond acceptors (Lipinski definition) is 6. The molecule has 2 aromatic heterocycles. The van der Waals surface area contributed by atoms with Gasteiger partial charge in [-0.3, -0.25) is 9.59 Å². The van der Waals surface area contributed by atoms with E-state index in [1.807, 2.05) is 0 Å². The third kappa shape index (κ3) is 5.03. The smallest absolute Gasteiger partial charge is 0.278 e. The van der Waals surface area contributed by atoms with Gasteiger partial charge in [-0.15, -0.1) is 0 Å². The van der Waals surface area contributed by atoms with Crippen molar-refractivity contribution in [1.82, 2.24) is 14.9 Å². The Labute approximate surface area is 187 Å². The summed E-state index contributed by atoms with van der Waals surface area (Å²) in [6.45, 7) is 5.11. The molecule has 0 bridgehead atoms. The fourth-order valence-corrected chi connectivity index (χ4v) is 3.35. The first-order valence-electron chi connectivity index (χ1n) is 9.58. The molecule has 8 nitrogen and oxygen atoms in total. The molecule has 3 heterocycles. The fourth-order valence-electron chi connectivity index (χ4n) is 3.12. The minimum Gasteiger partial charge on any atom is -0.470 e. The van der Waals surface area contributed by atoms with Gasteiger partial charge in [-0.1, -0.05) is 24.3 Å². The van der Waals surface area contributed by atoms with Crippen LogP contribution in [0.15, 0.2) is 37.2 Å². The second-order valence-electron chi connectivity index (χ2n) is 7.38. The highest BCUT2D eigenvalue weighted by Crippen LogP contribution is 2.35. The molecule has 2 N–H and O–H groups in total. The van der Waals surface area contributed by atoms with E-state index in [9.17, 15) is 23.5 Å². The lowest BCUT2D eigenvalue weighted by atomic mass is 10.1. The molecule has 0 aromatic carbocycles. The van der Waals surface area contributed by atoms with Gasteiger partial charge >= 0.3 is 0 Å². The minimum atomic E-state index is -3.03. The first-order valence-corrected chi connectivity index (χ1v) is 9.96. The van der Waals surface area contributed by atoms with Crippen LogP contribution in [0.1, 0.15) is 41.4 Å². The molecule has 0 radical (unpaired) electrons. The lowest BCUT2D eigenvalue weighted by Gasteiger charge is -2.25. The number of hydrogen-bond donors (Lipinski definition) is 2. The number of nitrogens with one attached hydrogen (secondary N) is 1. The Bertz CT molecular complexity index is 1060. The van der Waals surface area contributed by atoms with Crippen LogP contribution in [0, 0.1) is 0 Å². The van der Waals surface area contributed by atoms with Crippen molar-refractivity contribution in [2.45, 2.75) is 38.5 Å². The maximum absolute atomic E-state index is 13.0. The Kier molecular flexibility index (Phi) is 6.75. The molecule has 3 rings (SSSR count). The molecule has 0 saturated heterocycles. The van der Waals surface area contributed by atoms with Crippen LogP contribution in [0.4, 0.5) is 14.6 Å². The summed E-state index contributed by atoms with van der Waals surface area (Å²) in [4.78, 5) is 34.6. The average molecular weight is 467 g/mol. The molecule has 0 aliphatic carbocycles. The highest BCUT2D eigenvalue weighted by molar-refractivity contribution is 6.31. The van der Waals surface area contributed by atoms with Crippen LogP contribution in [0.5, 0.6) is 5.88 Å². The molecule has 1 unspecified atom stereocenters. The summed E-state index contributed by atoms with van der Waals surface area (Å²) in [6.07, 6.45) is 2.44. The molecule has 1 aliphatic heterocycles.